The molecule has 2 bridgehead atoms. The van der Waals surface area contributed by atoms with Gasteiger partial charge in [-0.15, -0.1) is 11.3 Å². The summed E-state index contributed by atoms with van der Waals surface area (Å²) in [6, 6.07) is 15.3. The van der Waals surface area contributed by atoms with Gasteiger partial charge in [0.1, 0.15) is 0 Å². The molecule has 1 aromatic heterocycles. The molecule has 2 aromatic rings. The number of morpholine rings is 1. The van der Waals surface area contributed by atoms with Crippen molar-refractivity contribution in [3.8, 4) is 0 Å². The van der Waals surface area contributed by atoms with E-state index >= 15 is 0 Å². The first-order valence-electron chi connectivity index (χ1n) is 7.97. The third kappa shape index (κ3) is 3.02. The molecule has 3 heterocycles. The van der Waals surface area contributed by atoms with E-state index in [4.69, 9.17) is 4.74 Å². The molecule has 4 rings (SSSR count). The van der Waals surface area contributed by atoms with Crippen LogP contribution in [0.1, 0.15) is 26.5 Å². The fraction of sp³-hybridized carbons (Fsp3) is 0.316. The van der Waals surface area contributed by atoms with Gasteiger partial charge in [-0.05, 0) is 29.7 Å². The predicted octanol–water partition coefficient (Wildman–Crippen LogP) is 3.62. The van der Waals surface area contributed by atoms with Gasteiger partial charge in [0.05, 0.1) is 24.1 Å². The number of nitrogens with zero attached hydrogens (tertiary/aromatic N) is 1. The zero-order chi connectivity index (χ0) is 15.6. The smallest absolute Gasteiger partial charge is 0.160 e. The fourth-order valence-corrected chi connectivity index (χ4v) is 4.33. The van der Waals surface area contributed by atoms with E-state index in [0.717, 1.165) is 37.3 Å². The largest absolute Gasteiger partial charge is 0.378 e. The number of aldehydes is 1. The number of hydrogen-bond donors (Lipinski definition) is 0. The molecule has 0 saturated carbocycles. The molecule has 118 valence electrons. The second kappa shape index (κ2) is 6.40. The Morgan fingerprint density at radius 3 is 2.78 bits per heavy atom. The molecule has 0 spiro atoms. The van der Waals surface area contributed by atoms with Gasteiger partial charge in [0.2, 0.25) is 0 Å². The summed E-state index contributed by atoms with van der Waals surface area (Å²) in [7, 11) is 0. The van der Waals surface area contributed by atoms with Gasteiger partial charge in [0.15, 0.2) is 6.29 Å². The van der Waals surface area contributed by atoms with Crippen molar-refractivity contribution in [3.63, 3.8) is 0 Å². The number of benzene rings is 1. The number of rotatable bonds is 4. The number of carbonyl (C=O) groups excluding carboxylic acids is 1. The Hall–Kier alpha value is -1.75. The molecule has 1 aromatic carbocycles. The van der Waals surface area contributed by atoms with E-state index in [1.165, 1.54) is 16.0 Å². The maximum atomic E-state index is 10.9. The van der Waals surface area contributed by atoms with Gasteiger partial charge in [-0.25, -0.2) is 0 Å². The van der Waals surface area contributed by atoms with E-state index < -0.39 is 0 Å². The third-order valence-electron chi connectivity index (χ3n) is 4.61. The highest BCUT2D eigenvalue weighted by Crippen LogP contribution is 2.35. The zero-order valence-corrected chi connectivity index (χ0v) is 13.7. The van der Waals surface area contributed by atoms with Gasteiger partial charge in [-0.2, -0.15) is 0 Å². The van der Waals surface area contributed by atoms with Crippen LogP contribution in [0, 0.1) is 0 Å². The van der Waals surface area contributed by atoms with Gasteiger partial charge in [0.25, 0.3) is 0 Å². The molecule has 0 radical (unpaired) electrons. The molecule has 4 heteroatoms. The minimum atomic E-state index is 0.319. The molecule has 0 amide bonds. The summed E-state index contributed by atoms with van der Waals surface area (Å²) in [6.45, 7) is 2.50. The van der Waals surface area contributed by atoms with E-state index in [0.29, 0.717) is 12.1 Å². The van der Waals surface area contributed by atoms with Crippen molar-refractivity contribution < 1.29 is 9.53 Å². The van der Waals surface area contributed by atoms with Crippen LogP contribution in [0.2, 0.25) is 0 Å². The first kappa shape index (κ1) is 14.8. The van der Waals surface area contributed by atoms with Crippen LogP contribution in [0.5, 0.6) is 0 Å². The average molecular weight is 325 g/mol. The highest BCUT2D eigenvalue weighted by molar-refractivity contribution is 7.14. The number of fused-ring (bicyclic) bond motifs is 2. The van der Waals surface area contributed by atoms with E-state index in [9.17, 15) is 4.79 Å². The SMILES string of the molecule is O=Cc1ccc(C2=CC3COCC(C2)N3Cc2ccccc2)s1. The van der Waals surface area contributed by atoms with Gasteiger partial charge >= 0.3 is 0 Å². The average Bonchev–Trinajstić information content (AvgIpc) is 3.05. The van der Waals surface area contributed by atoms with Gasteiger partial charge < -0.3 is 4.74 Å². The molecule has 2 aliphatic heterocycles. The third-order valence-corrected chi connectivity index (χ3v) is 5.70. The fourth-order valence-electron chi connectivity index (χ4n) is 3.47. The lowest BCUT2D eigenvalue weighted by atomic mass is 9.92. The van der Waals surface area contributed by atoms with Crippen LogP contribution in [-0.4, -0.2) is 36.5 Å². The first-order chi connectivity index (χ1) is 11.3. The van der Waals surface area contributed by atoms with Crippen molar-refractivity contribution in [2.45, 2.75) is 25.0 Å². The molecule has 1 fully saturated rings. The number of hydrogen-bond acceptors (Lipinski definition) is 4. The summed E-state index contributed by atoms with van der Waals surface area (Å²) >= 11 is 1.59. The van der Waals surface area contributed by atoms with E-state index in [-0.39, 0.29) is 0 Å². The zero-order valence-electron chi connectivity index (χ0n) is 12.9. The van der Waals surface area contributed by atoms with Crippen molar-refractivity contribution in [3.05, 3.63) is 63.9 Å². The Bertz CT molecular complexity index is 722. The molecular formula is C19H19NO2S. The molecule has 0 N–H and O–H groups in total. The Balaban J connectivity index is 1.59. The molecule has 2 unspecified atom stereocenters. The molecule has 2 atom stereocenters. The second-order valence-electron chi connectivity index (χ2n) is 6.13. The summed E-state index contributed by atoms with van der Waals surface area (Å²) in [6.07, 6.45) is 4.25. The monoisotopic (exact) mass is 325 g/mol. The summed E-state index contributed by atoms with van der Waals surface area (Å²) in [5.41, 5.74) is 2.71. The lowest BCUT2D eigenvalue weighted by Gasteiger charge is -2.44. The summed E-state index contributed by atoms with van der Waals surface area (Å²) in [4.78, 5) is 15.5. The van der Waals surface area contributed by atoms with Gasteiger partial charge in [-0.3, -0.25) is 9.69 Å². The molecule has 1 saturated heterocycles. The molecule has 2 aliphatic rings. The van der Waals surface area contributed by atoms with Crippen LogP contribution in [0.3, 0.4) is 0 Å². The van der Waals surface area contributed by atoms with Crippen LogP contribution in [-0.2, 0) is 11.3 Å². The lowest BCUT2D eigenvalue weighted by Crippen LogP contribution is -2.53. The summed E-state index contributed by atoms with van der Waals surface area (Å²) in [5.74, 6) is 0. The van der Waals surface area contributed by atoms with Crippen molar-refractivity contribution in [1.29, 1.82) is 0 Å². The normalized spacial score (nSPS) is 24.3. The number of thiophene rings is 1. The molecule has 0 aliphatic carbocycles. The maximum Gasteiger partial charge on any atom is 0.160 e. The minimum Gasteiger partial charge on any atom is -0.378 e. The summed E-state index contributed by atoms with van der Waals surface area (Å²) < 4.78 is 5.78. The quantitative estimate of drug-likeness (QED) is 0.804. The van der Waals surface area contributed by atoms with Crippen molar-refractivity contribution in [1.82, 2.24) is 4.90 Å². The van der Waals surface area contributed by atoms with Gasteiger partial charge in [-0.1, -0.05) is 36.4 Å². The van der Waals surface area contributed by atoms with Crippen molar-refractivity contribution in [2.75, 3.05) is 13.2 Å². The molecule has 3 nitrogen and oxygen atoms in total. The molecular weight excluding hydrogens is 306 g/mol. The van der Waals surface area contributed by atoms with Crippen molar-refractivity contribution in [2.24, 2.45) is 0 Å². The topological polar surface area (TPSA) is 29.5 Å². The second-order valence-corrected chi connectivity index (χ2v) is 7.25. The lowest BCUT2D eigenvalue weighted by molar-refractivity contribution is -0.0402. The van der Waals surface area contributed by atoms with E-state index in [2.05, 4.69) is 47.4 Å². The highest BCUT2D eigenvalue weighted by atomic mass is 32.1. The van der Waals surface area contributed by atoms with Crippen LogP contribution >= 0.6 is 11.3 Å². The van der Waals surface area contributed by atoms with Gasteiger partial charge in [0, 0.05) is 17.5 Å². The van der Waals surface area contributed by atoms with Crippen LogP contribution in [0.15, 0.2) is 48.5 Å². The predicted molar refractivity (Wildman–Crippen MR) is 92.7 cm³/mol. The number of ether oxygens (including phenoxy) is 1. The Morgan fingerprint density at radius 2 is 2.04 bits per heavy atom. The molecule has 23 heavy (non-hydrogen) atoms. The van der Waals surface area contributed by atoms with Crippen LogP contribution in [0.4, 0.5) is 0 Å². The van der Waals surface area contributed by atoms with Crippen LogP contribution < -0.4 is 0 Å². The maximum absolute atomic E-state index is 10.9. The summed E-state index contributed by atoms with van der Waals surface area (Å²) in [5, 5.41) is 0. The highest BCUT2D eigenvalue weighted by Gasteiger charge is 2.35. The van der Waals surface area contributed by atoms with Crippen LogP contribution in [0.25, 0.3) is 5.57 Å². The minimum absolute atomic E-state index is 0.319. The Labute approximate surface area is 140 Å². The standard InChI is InChI=1S/C19H19NO2S/c21-11-18-6-7-19(23-18)15-8-16-12-22-13-17(9-15)20(16)10-14-4-2-1-3-5-14/h1-8,11,16-17H,9-10,12-13H2. The Morgan fingerprint density at radius 1 is 1.17 bits per heavy atom. The van der Waals surface area contributed by atoms with E-state index in [1.807, 2.05) is 6.07 Å². The van der Waals surface area contributed by atoms with E-state index in [1.54, 1.807) is 11.3 Å². The van der Waals surface area contributed by atoms with Crippen molar-refractivity contribution >= 4 is 23.2 Å². The Kier molecular flexibility index (Phi) is 4.12. The first-order valence-corrected chi connectivity index (χ1v) is 8.78. The number of carbonyl (C=O) groups is 1.